The Kier molecular flexibility index (Phi) is 2.97. The van der Waals surface area contributed by atoms with Gasteiger partial charge in [-0.25, -0.2) is 0 Å². The van der Waals surface area contributed by atoms with E-state index in [0.29, 0.717) is 5.56 Å². The van der Waals surface area contributed by atoms with Gasteiger partial charge in [0.2, 0.25) is 0 Å². The van der Waals surface area contributed by atoms with Crippen LogP contribution in [0.2, 0.25) is 0 Å². The van der Waals surface area contributed by atoms with Crippen molar-refractivity contribution in [2.75, 3.05) is 17.7 Å². The molecule has 0 fully saturated rings. The van der Waals surface area contributed by atoms with Crippen molar-refractivity contribution < 1.29 is 0 Å². The van der Waals surface area contributed by atoms with Crippen molar-refractivity contribution in [1.82, 2.24) is 0 Å². The van der Waals surface area contributed by atoms with Gasteiger partial charge in [0.1, 0.15) is 0 Å². The van der Waals surface area contributed by atoms with E-state index in [1.165, 1.54) is 0 Å². The predicted octanol–water partition coefficient (Wildman–Crippen LogP) is 2.91. The van der Waals surface area contributed by atoms with Crippen LogP contribution in [0, 0.1) is 11.3 Å². The van der Waals surface area contributed by atoms with Gasteiger partial charge in [0.15, 0.2) is 0 Å². The summed E-state index contributed by atoms with van der Waals surface area (Å²) in [6, 6.07) is 17.2. The van der Waals surface area contributed by atoms with Crippen LogP contribution in [-0.2, 0) is 0 Å². The van der Waals surface area contributed by atoms with Crippen LogP contribution in [0.25, 0.3) is 0 Å². The molecule has 0 saturated heterocycles. The fourth-order valence-electron chi connectivity index (χ4n) is 1.61. The van der Waals surface area contributed by atoms with Crippen LogP contribution < -0.4 is 10.6 Å². The number of nitriles is 1. The zero-order valence-corrected chi connectivity index (χ0v) is 9.59. The van der Waals surface area contributed by atoms with E-state index >= 15 is 0 Å². The molecule has 0 saturated carbocycles. The summed E-state index contributed by atoms with van der Waals surface area (Å²) >= 11 is 0. The summed E-state index contributed by atoms with van der Waals surface area (Å²) in [4.78, 5) is 2.04. The summed E-state index contributed by atoms with van der Waals surface area (Å²) < 4.78 is 0. The molecule has 0 aliphatic heterocycles. The van der Waals surface area contributed by atoms with Crippen LogP contribution >= 0.6 is 0 Å². The Balaban J connectivity index is 2.27. The standard InChI is InChI=1S/C14H13N3/c1-17(14-8-4-12(16)5-9-14)13-6-2-11(10-15)3-7-13/h2-9H,16H2,1H3. The Bertz CT molecular complexity index is 535. The number of rotatable bonds is 2. The number of nitrogen functional groups attached to an aromatic ring is 1. The van der Waals surface area contributed by atoms with Crippen LogP contribution in [0.4, 0.5) is 17.1 Å². The number of nitrogens with two attached hydrogens (primary N) is 1. The molecule has 0 spiro atoms. The lowest BCUT2D eigenvalue weighted by molar-refractivity contribution is 1.21. The molecule has 0 radical (unpaired) electrons. The maximum absolute atomic E-state index is 8.74. The highest BCUT2D eigenvalue weighted by atomic mass is 15.1. The van der Waals surface area contributed by atoms with Gasteiger partial charge in [-0.15, -0.1) is 0 Å². The number of anilines is 3. The topological polar surface area (TPSA) is 53.0 Å². The van der Waals surface area contributed by atoms with E-state index in [4.69, 9.17) is 11.0 Å². The van der Waals surface area contributed by atoms with Gasteiger partial charge in [0.25, 0.3) is 0 Å². The van der Waals surface area contributed by atoms with E-state index in [1.807, 2.05) is 60.5 Å². The van der Waals surface area contributed by atoms with Gasteiger partial charge >= 0.3 is 0 Å². The van der Waals surface area contributed by atoms with Crippen molar-refractivity contribution in [2.24, 2.45) is 0 Å². The summed E-state index contributed by atoms with van der Waals surface area (Å²) in [5, 5.41) is 8.74. The molecule has 0 aliphatic rings. The SMILES string of the molecule is CN(c1ccc(N)cc1)c1ccc(C#N)cc1. The summed E-state index contributed by atoms with van der Waals surface area (Å²) in [6.45, 7) is 0. The Morgan fingerprint density at radius 1 is 0.941 bits per heavy atom. The third-order valence-electron chi connectivity index (χ3n) is 2.66. The van der Waals surface area contributed by atoms with Crippen molar-refractivity contribution in [3.8, 4) is 6.07 Å². The lowest BCUT2D eigenvalue weighted by Crippen LogP contribution is -2.09. The molecule has 3 nitrogen and oxygen atoms in total. The van der Waals surface area contributed by atoms with Crippen LogP contribution in [0.3, 0.4) is 0 Å². The number of nitrogens with zero attached hydrogens (tertiary/aromatic N) is 2. The first-order valence-corrected chi connectivity index (χ1v) is 5.30. The van der Waals surface area contributed by atoms with Crippen LogP contribution in [-0.4, -0.2) is 7.05 Å². The molecule has 0 bridgehead atoms. The first kappa shape index (κ1) is 11.0. The monoisotopic (exact) mass is 223 g/mol. The van der Waals surface area contributed by atoms with Gasteiger partial charge in [-0.05, 0) is 48.5 Å². The van der Waals surface area contributed by atoms with Gasteiger partial charge in [-0.1, -0.05) is 0 Å². The molecule has 2 rings (SSSR count). The molecule has 0 amide bonds. The molecular formula is C14H13N3. The molecule has 0 unspecified atom stereocenters. The van der Waals surface area contributed by atoms with E-state index in [1.54, 1.807) is 0 Å². The van der Waals surface area contributed by atoms with Gasteiger partial charge in [0, 0.05) is 24.1 Å². The van der Waals surface area contributed by atoms with E-state index in [9.17, 15) is 0 Å². The molecule has 0 heterocycles. The van der Waals surface area contributed by atoms with Crippen molar-refractivity contribution in [2.45, 2.75) is 0 Å². The quantitative estimate of drug-likeness (QED) is 0.796. The van der Waals surface area contributed by atoms with E-state index in [-0.39, 0.29) is 0 Å². The molecule has 3 heteroatoms. The largest absolute Gasteiger partial charge is 0.399 e. The zero-order chi connectivity index (χ0) is 12.3. The average Bonchev–Trinajstić information content (AvgIpc) is 2.39. The van der Waals surface area contributed by atoms with Crippen LogP contribution in [0.15, 0.2) is 48.5 Å². The second-order valence-corrected chi connectivity index (χ2v) is 3.81. The molecule has 84 valence electrons. The first-order valence-electron chi connectivity index (χ1n) is 5.30. The van der Waals surface area contributed by atoms with Gasteiger partial charge < -0.3 is 10.6 Å². The number of benzene rings is 2. The highest BCUT2D eigenvalue weighted by Gasteiger charge is 2.03. The molecule has 0 atom stereocenters. The first-order chi connectivity index (χ1) is 8.20. The lowest BCUT2D eigenvalue weighted by atomic mass is 10.2. The minimum absolute atomic E-state index is 0.666. The molecule has 0 aliphatic carbocycles. The van der Waals surface area contributed by atoms with Crippen molar-refractivity contribution in [1.29, 1.82) is 5.26 Å². The molecule has 2 aromatic carbocycles. The van der Waals surface area contributed by atoms with Gasteiger partial charge in [-0.2, -0.15) is 5.26 Å². The maximum Gasteiger partial charge on any atom is 0.0991 e. The molecule has 17 heavy (non-hydrogen) atoms. The number of hydrogen-bond donors (Lipinski definition) is 1. The van der Waals surface area contributed by atoms with E-state index in [2.05, 4.69) is 6.07 Å². The number of hydrogen-bond acceptors (Lipinski definition) is 3. The average molecular weight is 223 g/mol. The highest BCUT2D eigenvalue weighted by Crippen LogP contribution is 2.24. The highest BCUT2D eigenvalue weighted by molar-refractivity contribution is 5.64. The van der Waals surface area contributed by atoms with E-state index in [0.717, 1.165) is 17.1 Å². The van der Waals surface area contributed by atoms with Crippen molar-refractivity contribution in [3.05, 3.63) is 54.1 Å². The fourth-order valence-corrected chi connectivity index (χ4v) is 1.61. The minimum Gasteiger partial charge on any atom is -0.399 e. The summed E-state index contributed by atoms with van der Waals surface area (Å²) in [5.41, 5.74) is 9.16. The smallest absolute Gasteiger partial charge is 0.0991 e. The zero-order valence-electron chi connectivity index (χ0n) is 9.59. The third-order valence-corrected chi connectivity index (χ3v) is 2.66. The maximum atomic E-state index is 8.74. The van der Waals surface area contributed by atoms with Gasteiger partial charge in [-0.3, -0.25) is 0 Å². The third kappa shape index (κ3) is 2.37. The normalized spacial score (nSPS) is 9.65. The summed E-state index contributed by atoms with van der Waals surface area (Å²) in [5.74, 6) is 0. The van der Waals surface area contributed by atoms with Gasteiger partial charge in [0.05, 0.1) is 11.6 Å². The van der Waals surface area contributed by atoms with Crippen LogP contribution in [0.1, 0.15) is 5.56 Å². The van der Waals surface area contributed by atoms with E-state index < -0.39 is 0 Å². The predicted molar refractivity (Wildman–Crippen MR) is 70.1 cm³/mol. The summed E-state index contributed by atoms with van der Waals surface area (Å²) in [6.07, 6.45) is 0. The Morgan fingerprint density at radius 2 is 1.41 bits per heavy atom. The van der Waals surface area contributed by atoms with Crippen molar-refractivity contribution >= 4 is 17.1 Å². The van der Waals surface area contributed by atoms with Crippen molar-refractivity contribution in [3.63, 3.8) is 0 Å². The molecule has 2 N–H and O–H groups in total. The molecule has 0 aromatic heterocycles. The molecule has 2 aromatic rings. The second kappa shape index (κ2) is 4.58. The lowest BCUT2D eigenvalue weighted by Gasteiger charge is -2.19. The Morgan fingerprint density at radius 3 is 1.88 bits per heavy atom. The fraction of sp³-hybridized carbons (Fsp3) is 0.0714. The van der Waals surface area contributed by atoms with Crippen LogP contribution in [0.5, 0.6) is 0 Å². The minimum atomic E-state index is 0.666. The molecular weight excluding hydrogens is 210 g/mol. The second-order valence-electron chi connectivity index (χ2n) is 3.81. The Hall–Kier alpha value is -2.47. The summed E-state index contributed by atoms with van der Waals surface area (Å²) in [7, 11) is 1.98. The Labute approximate surface area is 101 Å².